The molecule has 4 nitrogen and oxygen atoms in total. The third kappa shape index (κ3) is 2.90. The quantitative estimate of drug-likeness (QED) is 0.790. The van der Waals surface area contributed by atoms with Gasteiger partial charge in [-0.15, -0.1) is 0 Å². The molecule has 1 heterocycles. The molecule has 0 aromatic heterocycles. The van der Waals surface area contributed by atoms with Crippen LogP contribution in [0.5, 0.6) is 0 Å². The van der Waals surface area contributed by atoms with Gasteiger partial charge < -0.3 is 9.64 Å². The average Bonchev–Trinajstić information content (AvgIpc) is 3.09. The van der Waals surface area contributed by atoms with Gasteiger partial charge in [0.15, 0.2) is 0 Å². The molecule has 0 N–H and O–H groups in total. The van der Waals surface area contributed by atoms with Gasteiger partial charge in [0.25, 0.3) is 0 Å². The number of rotatable bonds is 3. The average molecular weight is 349 g/mol. The summed E-state index contributed by atoms with van der Waals surface area (Å²) in [6, 6.07) is 14.0. The van der Waals surface area contributed by atoms with Gasteiger partial charge in [0.1, 0.15) is 0 Å². The fourth-order valence-electron chi connectivity index (χ4n) is 4.36. The van der Waals surface area contributed by atoms with Crippen molar-refractivity contribution in [2.75, 3.05) is 18.6 Å². The number of benzene rings is 2. The highest BCUT2D eigenvalue weighted by molar-refractivity contribution is 5.99. The monoisotopic (exact) mass is 349 g/mol. The lowest BCUT2D eigenvalue weighted by atomic mass is 9.93. The molecule has 26 heavy (non-hydrogen) atoms. The van der Waals surface area contributed by atoms with Crippen LogP contribution in [0.4, 0.5) is 5.69 Å². The van der Waals surface area contributed by atoms with Crippen LogP contribution < -0.4 is 4.90 Å². The molecule has 4 heteroatoms. The Morgan fingerprint density at radius 1 is 1.12 bits per heavy atom. The number of carbonyl (C=O) groups is 2. The number of hydrogen-bond donors (Lipinski definition) is 0. The molecule has 0 saturated heterocycles. The number of amides is 1. The van der Waals surface area contributed by atoms with E-state index in [0.29, 0.717) is 24.4 Å². The molecule has 0 spiro atoms. The first kappa shape index (κ1) is 16.8. The van der Waals surface area contributed by atoms with E-state index in [1.165, 1.54) is 18.2 Å². The first-order valence-corrected chi connectivity index (χ1v) is 9.27. The van der Waals surface area contributed by atoms with E-state index in [0.717, 1.165) is 36.9 Å². The molecule has 2 aliphatic rings. The van der Waals surface area contributed by atoms with Crippen LogP contribution in [0.25, 0.3) is 0 Å². The van der Waals surface area contributed by atoms with Crippen LogP contribution in [0.1, 0.15) is 52.2 Å². The molecule has 0 radical (unpaired) electrons. The predicted octanol–water partition coefficient (Wildman–Crippen LogP) is 3.87. The zero-order chi connectivity index (χ0) is 18.1. The van der Waals surface area contributed by atoms with Gasteiger partial charge in [0.05, 0.1) is 12.7 Å². The third-order valence-electron chi connectivity index (χ3n) is 5.64. The van der Waals surface area contributed by atoms with E-state index < -0.39 is 0 Å². The minimum Gasteiger partial charge on any atom is -0.465 e. The second-order valence-corrected chi connectivity index (χ2v) is 7.08. The van der Waals surface area contributed by atoms with Gasteiger partial charge in [-0.1, -0.05) is 30.3 Å². The zero-order valence-corrected chi connectivity index (χ0v) is 15.0. The maximum atomic E-state index is 13.1. The summed E-state index contributed by atoms with van der Waals surface area (Å²) in [5.74, 6) is 0.114. The summed E-state index contributed by atoms with van der Waals surface area (Å²) in [5.41, 5.74) is 5.08. The van der Waals surface area contributed by atoms with E-state index >= 15 is 0 Å². The first-order valence-electron chi connectivity index (χ1n) is 9.27. The standard InChI is InChI=1S/C22H23NO3/c1-26-22(25)19-8-4-10-20-18(19)9-5-13-23(20)21(24)14-16-12-11-15-6-2-3-7-17(15)16/h2-4,6-8,10,16H,5,9,11-14H2,1H3. The van der Waals surface area contributed by atoms with Gasteiger partial charge in [-0.05, 0) is 60.4 Å². The zero-order valence-electron chi connectivity index (χ0n) is 15.0. The second-order valence-electron chi connectivity index (χ2n) is 7.08. The lowest BCUT2D eigenvalue weighted by Gasteiger charge is -2.31. The van der Waals surface area contributed by atoms with E-state index in [1.54, 1.807) is 6.07 Å². The number of methoxy groups -OCH3 is 1. The highest BCUT2D eigenvalue weighted by Gasteiger charge is 2.30. The number of ether oxygens (including phenoxy) is 1. The fourth-order valence-corrected chi connectivity index (χ4v) is 4.36. The lowest BCUT2D eigenvalue weighted by molar-refractivity contribution is -0.119. The molecule has 1 atom stereocenters. The topological polar surface area (TPSA) is 46.6 Å². The lowest BCUT2D eigenvalue weighted by Crippen LogP contribution is -2.36. The van der Waals surface area contributed by atoms with Crippen LogP contribution in [0.15, 0.2) is 42.5 Å². The maximum absolute atomic E-state index is 13.1. The largest absolute Gasteiger partial charge is 0.465 e. The van der Waals surface area contributed by atoms with Gasteiger partial charge in [0, 0.05) is 18.7 Å². The van der Waals surface area contributed by atoms with Crippen LogP contribution >= 0.6 is 0 Å². The van der Waals surface area contributed by atoms with Crippen molar-refractivity contribution in [3.8, 4) is 0 Å². The molecule has 0 bridgehead atoms. The maximum Gasteiger partial charge on any atom is 0.338 e. The van der Waals surface area contributed by atoms with E-state index in [-0.39, 0.29) is 11.9 Å². The van der Waals surface area contributed by atoms with Crippen molar-refractivity contribution in [2.45, 2.75) is 38.0 Å². The van der Waals surface area contributed by atoms with Gasteiger partial charge in [-0.25, -0.2) is 4.79 Å². The summed E-state index contributed by atoms with van der Waals surface area (Å²) in [6.45, 7) is 0.713. The fraction of sp³-hybridized carbons (Fsp3) is 0.364. The number of anilines is 1. The van der Waals surface area contributed by atoms with Gasteiger partial charge >= 0.3 is 5.97 Å². The van der Waals surface area contributed by atoms with Gasteiger partial charge in [-0.3, -0.25) is 4.79 Å². The van der Waals surface area contributed by atoms with E-state index in [9.17, 15) is 9.59 Å². The first-order chi connectivity index (χ1) is 12.7. The van der Waals surface area contributed by atoms with Crippen LogP contribution in [-0.2, 0) is 22.4 Å². The molecule has 0 fully saturated rings. The number of esters is 1. The molecule has 1 aliphatic carbocycles. The van der Waals surface area contributed by atoms with Crippen LogP contribution in [0, 0.1) is 0 Å². The molecule has 4 rings (SSSR count). The van der Waals surface area contributed by atoms with E-state index in [4.69, 9.17) is 4.74 Å². The Labute approximate surface area is 153 Å². The Morgan fingerprint density at radius 2 is 1.96 bits per heavy atom. The van der Waals surface area contributed by atoms with Crippen molar-refractivity contribution < 1.29 is 14.3 Å². The summed E-state index contributed by atoms with van der Waals surface area (Å²) >= 11 is 0. The SMILES string of the molecule is COC(=O)c1cccc2c1CCCN2C(=O)CC1CCc2ccccc21. The predicted molar refractivity (Wildman–Crippen MR) is 101 cm³/mol. The van der Waals surface area contributed by atoms with Crippen molar-refractivity contribution in [2.24, 2.45) is 0 Å². The normalized spacial score (nSPS) is 18.2. The molecular formula is C22H23NO3. The Bertz CT molecular complexity index is 858. The van der Waals surface area contributed by atoms with E-state index in [2.05, 4.69) is 24.3 Å². The minimum absolute atomic E-state index is 0.148. The summed E-state index contributed by atoms with van der Waals surface area (Å²) < 4.78 is 4.90. The molecule has 0 saturated carbocycles. The Morgan fingerprint density at radius 3 is 2.81 bits per heavy atom. The highest BCUT2D eigenvalue weighted by atomic mass is 16.5. The van der Waals surface area contributed by atoms with Gasteiger partial charge in [0.2, 0.25) is 5.91 Å². The van der Waals surface area contributed by atoms with Crippen LogP contribution in [-0.4, -0.2) is 25.5 Å². The number of hydrogen-bond acceptors (Lipinski definition) is 3. The molecular weight excluding hydrogens is 326 g/mol. The molecule has 1 unspecified atom stereocenters. The number of nitrogens with zero attached hydrogens (tertiary/aromatic N) is 1. The summed E-state index contributed by atoms with van der Waals surface area (Å²) in [7, 11) is 1.39. The molecule has 2 aromatic rings. The van der Waals surface area contributed by atoms with Crippen molar-refractivity contribution in [1.82, 2.24) is 0 Å². The summed E-state index contributed by atoms with van der Waals surface area (Å²) in [4.78, 5) is 27.0. The molecule has 134 valence electrons. The summed E-state index contributed by atoms with van der Waals surface area (Å²) in [6.07, 6.45) is 4.29. The molecule has 1 amide bonds. The molecule has 1 aliphatic heterocycles. The van der Waals surface area contributed by atoms with E-state index in [1.807, 2.05) is 17.0 Å². The van der Waals surface area contributed by atoms with Crippen molar-refractivity contribution >= 4 is 17.6 Å². The van der Waals surface area contributed by atoms with Crippen LogP contribution in [0.3, 0.4) is 0 Å². The van der Waals surface area contributed by atoms with Gasteiger partial charge in [-0.2, -0.15) is 0 Å². The highest BCUT2D eigenvalue weighted by Crippen LogP contribution is 2.37. The number of fused-ring (bicyclic) bond motifs is 2. The Balaban J connectivity index is 1.59. The molecule has 2 aromatic carbocycles. The Kier molecular flexibility index (Phi) is 4.49. The third-order valence-corrected chi connectivity index (χ3v) is 5.64. The minimum atomic E-state index is -0.333. The second kappa shape index (κ2) is 6.94. The summed E-state index contributed by atoms with van der Waals surface area (Å²) in [5, 5.41) is 0. The number of carbonyl (C=O) groups excluding carboxylic acids is 2. The van der Waals surface area contributed by atoms with Crippen molar-refractivity contribution in [3.63, 3.8) is 0 Å². The van der Waals surface area contributed by atoms with Crippen LogP contribution in [0.2, 0.25) is 0 Å². The smallest absolute Gasteiger partial charge is 0.338 e. The van der Waals surface area contributed by atoms with Crippen molar-refractivity contribution in [3.05, 3.63) is 64.7 Å². The number of aryl methyl sites for hydroxylation is 1. The van der Waals surface area contributed by atoms with Crippen molar-refractivity contribution in [1.29, 1.82) is 0 Å². The Hall–Kier alpha value is -2.62.